The van der Waals surface area contributed by atoms with Gasteiger partial charge in [-0.25, -0.2) is 4.79 Å². The maximum Gasteiger partial charge on any atom is 0.319 e. The molecule has 3 amide bonds. The third kappa shape index (κ3) is 6.08. The molecule has 3 N–H and O–H groups in total. The number of anilines is 1. The van der Waals surface area contributed by atoms with Crippen LogP contribution in [0.1, 0.15) is 25.8 Å². The molecule has 116 valence electrons. The van der Waals surface area contributed by atoms with Gasteiger partial charge in [-0.1, -0.05) is 13.8 Å². The van der Waals surface area contributed by atoms with Gasteiger partial charge in [0.2, 0.25) is 5.91 Å². The van der Waals surface area contributed by atoms with Crippen molar-refractivity contribution in [2.24, 2.45) is 0 Å². The smallest absolute Gasteiger partial charge is 0.319 e. The number of likely N-dealkylation sites (N-methyl/N-ethyl adjacent to an activating group) is 1. The summed E-state index contributed by atoms with van der Waals surface area (Å²) in [7, 11) is 1.53. The van der Waals surface area contributed by atoms with Crippen LogP contribution in [0.3, 0.4) is 0 Å². The van der Waals surface area contributed by atoms with Gasteiger partial charge < -0.3 is 16.0 Å². The van der Waals surface area contributed by atoms with Gasteiger partial charge in [-0.3, -0.25) is 4.79 Å². The van der Waals surface area contributed by atoms with Gasteiger partial charge >= 0.3 is 6.03 Å². The van der Waals surface area contributed by atoms with E-state index in [1.54, 1.807) is 0 Å². The number of thioether (sulfide) groups is 1. The highest BCUT2D eigenvalue weighted by molar-refractivity contribution is 7.99. The number of carbonyl (C=O) groups is 2. The van der Waals surface area contributed by atoms with E-state index in [9.17, 15) is 9.59 Å². The molecule has 1 rings (SSSR count). The molecule has 0 spiro atoms. The maximum atomic E-state index is 11.7. The molecule has 1 aromatic rings. The second-order valence-corrected chi connectivity index (χ2v) is 6.31. The Bertz CT molecular complexity index is 506. The zero-order valence-electron chi connectivity index (χ0n) is 12.9. The minimum atomic E-state index is -0.385. The van der Waals surface area contributed by atoms with E-state index in [1.807, 2.05) is 30.8 Å². The van der Waals surface area contributed by atoms with Gasteiger partial charge in [0.05, 0.1) is 6.54 Å². The Balaban J connectivity index is 2.60. The highest BCUT2D eigenvalue weighted by Gasteiger charge is 2.08. The van der Waals surface area contributed by atoms with Crippen LogP contribution in [-0.4, -0.2) is 30.8 Å². The third-order valence-corrected chi connectivity index (χ3v) is 4.31. The topological polar surface area (TPSA) is 70.2 Å². The fraction of sp³-hybridized carbons (Fsp3) is 0.467. The van der Waals surface area contributed by atoms with Crippen LogP contribution in [0, 0.1) is 6.92 Å². The summed E-state index contributed by atoms with van der Waals surface area (Å²) in [5.74, 6) is -0.234. The molecule has 0 heterocycles. The van der Waals surface area contributed by atoms with E-state index < -0.39 is 0 Å². The number of hydrogen-bond acceptors (Lipinski definition) is 3. The zero-order valence-corrected chi connectivity index (χ0v) is 13.8. The van der Waals surface area contributed by atoms with Crippen LogP contribution in [0.5, 0.6) is 0 Å². The lowest BCUT2D eigenvalue weighted by Gasteiger charge is -2.12. The van der Waals surface area contributed by atoms with Crippen LogP contribution in [-0.2, 0) is 4.79 Å². The molecule has 0 aliphatic heterocycles. The minimum absolute atomic E-state index is 0.0384. The first-order valence-electron chi connectivity index (χ1n) is 6.99. The SMILES string of the molecule is CCC(C)Sc1ccc(NC(=O)NCC(=O)NC)c(C)c1. The average Bonchev–Trinajstić information content (AvgIpc) is 2.47. The van der Waals surface area contributed by atoms with Crippen LogP contribution < -0.4 is 16.0 Å². The molecular formula is C15H23N3O2S. The van der Waals surface area contributed by atoms with Gasteiger partial charge in [0.25, 0.3) is 0 Å². The number of hydrogen-bond donors (Lipinski definition) is 3. The van der Waals surface area contributed by atoms with E-state index in [1.165, 1.54) is 11.9 Å². The predicted molar refractivity (Wildman–Crippen MR) is 87.9 cm³/mol. The van der Waals surface area contributed by atoms with Crippen molar-refractivity contribution in [1.82, 2.24) is 10.6 Å². The van der Waals surface area contributed by atoms with Crippen LogP contribution in [0.25, 0.3) is 0 Å². The summed E-state index contributed by atoms with van der Waals surface area (Å²) in [6.07, 6.45) is 1.12. The van der Waals surface area contributed by atoms with Gasteiger partial charge in [0, 0.05) is 22.9 Å². The monoisotopic (exact) mass is 309 g/mol. The Hall–Kier alpha value is -1.69. The van der Waals surface area contributed by atoms with Gasteiger partial charge in [0.15, 0.2) is 0 Å². The van der Waals surface area contributed by atoms with Crippen molar-refractivity contribution in [2.75, 3.05) is 18.9 Å². The van der Waals surface area contributed by atoms with E-state index in [2.05, 4.69) is 35.9 Å². The van der Waals surface area contributed by atoms with E-state index in [0.717, 1.165) is 17.7 Å². The number of rotatable bonds is 6. The average molecular weight is 309 g/mol. The first kappa shape index (κ1) is 17.4. The van der Waals surface area contributed by atoms with Gasteiger partial charge in [-0.05, 0) is 37.1 Å². The zero-order chi connectivity index (χ0) is 15.8. The number of benzene rings is 1. The second kappa shape index (κ2) is 8.56. The Morgan fingerprint density at radius 1 is 1.33 bits per heavy atom. The molecule has 0 saturated heterocycles. The lowest BCUT2D eigenvalue weighted by atomic mass is 10.2. The lowest BCUT2D eigenvalue weighted by Crippen LogP contribution is -2.37. The van der Waals surface area contributed by atoms with Gasteiger partial charge in [-0.2, -0.15) is 0 Å². The molecule has 0 aliphatic rings. The highest BCUT2D eigenvalue weighted by Crippen LogP contribution is 2.28. The molecule has 0 aliphatic carbocycles. The van der Waals surface area contributed by atoms with Crippen molar-refractivity contribution in [3.05, 3.63) is 23.8 Å². The largest absolute Gasteiger partial charge is 0.358 e. The van der Waals surface area contributed by atoms with Crippen molar-refractivity contribution in [3.63, 3.8) is 0 Å². The summed E-state index contributed by atoms with van der Waals surface area (Å²) in [5, 5.41) is 8.25. The molecule has 1 aromatic carbocycles. The van der Waals surface area contributed by atoms with E-state index in [0.29, 0.717) is 5.25 Å². The lowest BCUT2D eigenvalue weighted by molar-refractivity contribution is -0.119. The fourth-order valence-electron chi connectivity index (χ4n) is 1.58. The first-order chi connectivity index (χ1) is 9.96. The minimum Gasteiger partial charge on any atom is -0.358 e. The quantitative estimate of drug-likeness (QED) is 0.708. The molecule has 0 fully saturated rings. The molecule has 5 nitrogen and oxygen atoms in total. The summed E-state index contributed by atoms with van der Waals surface area (Å²) < 4.78 is 0. The molecule has 21 heavy (non-hydrogen) atoms. The summed E-state index contributed by atoms with van der Waals surface area (Å²) in [6, 6.07) is 5.56. The van der Waals surface area contributed by atoms with E-state index in [-0.39, 0.29) is 18.5 Å². The maximum absolute atomic E-state index is 11.7. The summed E-state index contributed by atoms with van der Waals surface area (Å²) >= 11 is 1.82. The Labute approximate surface area is 130 Å². The standard InChI is InChI=1S/C15H23N3O2S/c1-5-11(3)21-12-6-7-13(10(2)8-12)18-15(20)17-9-14(19)16-4/h6-8,11H,5,9H2,1-4H3,(H,16,19)(H2,17,18,20). The van der Waals surface area contributed by atoms with E-state index >= 15 is 0 Å². The molecule has 0 bridgehead atoms. The highest BCUT2D eigenvalue weighted by atomic mass is 32.2. The fourth-order valence-corrected chi connectivity index (χ4v) is 2.60. The Kier molecular flexibility index (Phi) is 7.08. The third-order valence-electron chi connectivity index (χ3n) is 3.05. The molecule has 1 atom stereocenters. The summed E-state index contributed by atoms with van der Waals surface area (Å²) in [6.45, 7) is 6.27. The molecule has 1 unspecified atom stereocenters. The molecule has 0 saturated carbocycles. The number of urea groups is 1. The van der Waals surface area contributed by atoms with Gasteiger partial charge in [0.1, 0.15) is 0 Å². The van der Waals surface area contributed by atoms with Crippen LogP contribution in [0.4, 0.5) is 10.5 Å². The van der Waals surface area contributed by atoms with Crippen molar-refractivity contribution in [1.29, 1.82) is 0 Å². The Morgan fingerprint density at radius 2 is 2.05 bits per heavy atom. The molecule has 0 aromatic heterocycles. The van der Waals surface area contributed by atoms with Crippen LogP contribution >= 0.6 is 11.8 Å². The second-order valence-electron chi connectivity index (χ2n) is 4.79. The van der Waals surface area contributed by atoms with Crippen molar-refractivity contribution >= 4 is 29.4 Å². The number of nitrogens with one attached hydrogen (secondary N) is 3. The summed E-state index contributed by atoms with van der Waals surface area (Å²) in [5.41, 5.74) is 1.75. The van der Waals surface area contributed by atoms with Crippen molar-refractivity contribution in [2.45, 2.75) is 37.3 Å². The van der Waals surface area contributed by atoms with Gasteiger partial charge in [-0.15, -0.1) is 11.8 Å². The van der Waals surface area contributed by atoms with Crippen molar-refractivity contribution < 1.29 is 9.59 Å². The molecular weight excluding hydrogens is 286 g/mol. The summed E-state index contributed by atoms with van der Waals surface area (Å²) in [4.78, 5) is 23.9. The van der Waals surface area contributed by atoms with E-state index in [4.69, 9.17) is 0 Å². The molecule has 6 heteroatoms. The predicted octanol–water partition coefficient (Wildman–Crippen LogP) is 2.75. The van der Waals surface area contributed by atoms with Crippen LogP contribution in [0.2, 0.25) is 0 Å². The number of amides is 3. The first-order valence-corrected chi connectivity index (χ1v) is 7.87. The normalized spacial score (nSPS) is 11.6. The number of carbonyl (C=O) groups excluding carboxylic acids is 2. The van der Waals surface area contributed by atoms with Crippen molar-refractivity contribution in [3.8, 4) is 0 Å². The number of aryl methyl sites for hydroxylation is 1. The molecule has 0 radical (unpaired) electrons. The van der Waals surface area contributed by atoms with Crippen LogP contribution in [0.15, 0.2) is 23.1 Å². The Morgan fingerprint density at radius 3 is 2.62 bits per heavy atom.